The van der Waals surface area contributed by atoms with Crippen LogP contribution in [-0.4, -0.2) is 43.3 Å². The second kappa shape index (κ2) is 5.74. The van der Waals surface area contributed by atoms with Crippen molar-refractivity contribution < 1.29 is 27.5 Å². The number of rotatable bonds is 2. The van der Waals surface area contributed by atoms with Gasteiger partial charge in [-0.3, -0.25) is 0 Å². The van der Waals surface area contributed by atoms with E-state index in [9.17, 15) is 22.8 Å². The summed E-state index contributed by atoms with van der Waals surface area (Å²) in [6, 6.07) is -0.861. The van der Waals surface area contributed by atoms with Crippen LogP contribution in [0.2, 0.25) is 0 Å². The maximum Gasteiger partial charge on any atom is 0.431 e. The Kier molecular flexibility index (Phi) is 4.57. The maximum atomic E-state index is 12.6. The largest absolute Gasteiger partial charge is 0.466 e. The standard InChI is InChI=1S/C10H13F3N2O3/c1-18-8(16)6-7(10(11,12)13)14-9(17)15-4-2-3-5-15/h6H,2-5H2,1H3,(H,14,17). The van der Waals surface area contributed by atoms with Crippen LogP contribution >= 0.6 is 0 Å². The van der Waals surface area contributed by atoms with Gasteiger partial charge in [-0.25, -0.2) is 9.59 Å². The number of esters is 1. The number of urea groups is 1. The maximum absolute atomic E-state index is 12.6. The molecule has 1 aliphatic rings. The third kappa shape index (κ3) is 3.94. The molecule has 1 fully saturated rings. The number of ether oxygens (including phenoxy) is 1. The molecule has 18 heavy (non-hydrogen) atoms. The van der Waals surface area contributed by atoms with E-state index in [1.165, 1.54) is 4.90 Å². The monoisotopic (exact) mass is 266 g/mol. The summed E-state index contributed by atoms with van der Waals surface area (Å²) >= 11 is 0. The summed E-state index contributed by atoms with van der Waals surface area (Å²) in [5.74, 6) is -1.18. The zero-order valence-electron chi connectivity index (χ0n) is 9.71. The fourth-order valence-corrected chi connectivity index (χ4v) is 1.48. The van der Waals surface area contributed by atoms with E-state index in [-0.39, 0.29) is 6.08 Å². The highest BCUT2D eigenvalue weighted by Crippen LogP contribution is 2.24. The average Bonchev–Trinajstić information content (AvgIpc) is 2.79. The number of nitrogens with one attached hydrogen (secondary N) is 1. The van der Waals surface area contributed by atoms with E-state index in [0.717, 1.165) is 20.0 Å². The number of allylic oxidation sites excluding steroid dienone is 1. The van der Waals surface area contributed by atoms with E-state index in [1.54, 1.807) is 5.32 Å². The second-order valence-corrected chi connectivity index (χ2v) is 3.70. The Morgan fingerprint density at radius 3 is 2.28 bits per heavy atom. The minimum atomic E-state index is -4.82. The molecular formula is C10H13F3N2O3. The minimum absolute atomic E-state index is 0.216. The Bertz CT molecular complexity index is 360. The van der Waals surface area contributed by atoms with Gasteiger partial charge in [0.15, 0.2) is 0 Å². The van der Waals surface area contributed by atoms with Crippen molar-refractivity contribution >= 4 is 12.0 Å². The lowest BCUT2D eigenvalue weighted by Gasteiger charge is -2.19. The number of alkyl halides is 3. The highest BCUT2D eigenvalue weighted by Gasteiger charge is 2.37. The van der Waals surface area contributed by atoms with Gasteiger partial charge in [-0.2, -0.15) is 13.2 Å². The van der Waals surface area contributed by atoms with Crippen LogP contribution in [0.4, 0.5) is 18.0 Å². The van der Waals surface area contributed by atoms with E-state index >= 15 is 0 Å². The molecule has 0 aliphatic carbocycles. The zero-order valence-corrected chi connectivity index (χ0v) is 9.71. The Labute approximate surface area is 102 Å². The number of hydrogen-bond acceptors (Lipinski definition) is 3. The van der Waals surface area contributed by atoms with Crippen LogP contribution < -0.4 is 5.32 Å². The molecule has 1 saturated heterocycles. The topological polar surface area (TPSA) is 58.6 Å². The first-order valence-corrected chi connectivity index (χ1v) is 5.27. The third-order valence-corrected chi connectivity index (χ3v) is 2.40. The molecule has 0 aromatic rings. The van der Waals surface area contributed by atoms with Gasteiger partial charge in [-0.15, -0.1) is 0 Å². The highest BCUT2D eigenvalue weighted by atomic mass is 19.4. The normalized spacial score (nSPS) is 16.7. The summed E-state index contributed by atoms with van der Waals surface area (Å²) < 4.78 is 41.8. The molecule has 102 valence electrons. The van der Waals surface area contributed by atoms with Crippen molar-refractivity contribution in [2.45, 2.75) is 19.0 Å². The molecule has 1 rings (SSSR count). The summed E-state index contributed by atoms with van der Waals surface area (Å²) in [4.78, 5) is 23.6. The molecule has 1 heterocycles. The van der Waals surface area contributed by atoms with Gasteiger partial charge in [0.1, 0.15) is 5.70 Å². The lowest BCUT2D eigenvalue weighted by atomic mass is 10.4. The molecule has 0 spiro atoms. The van der Waals surface area contributed by atoms with Crippen LogP contribution in [-0.2, 0) is 9.53 Å². The third-order valence-electron chi connectivity index (χ3n) is 2.40. The van der Waals surface area contributed by atoms with Crippen molar-refractivity contribution in [1.82, 2.24) is 10.2 Å². The van der Waals surface area contributed by atoms with E-state index in [0.29, 0.717) is 13.1 Å². The zero-order chi connectivity index (χ0) is 13.8. The lowest BCUT2D eigenvalue weighted by Crippen LogP contribution is -2.41. The van der Waals surface area contributed by atoms with Gasteiger partial charge in [0.25, 0.3) is 0 Å². The molecular weight excluding hydrogens is 253 g/mol. The van der Waals surface area contributed by atoms with E-state index in [1.807, 2.05) is 0 Å². The quantitative estimate of drug-likeness (QED) is 0.607. The summed E-state index contributed by atoms with van der Waals surface area (Å²) in [6.45, 7) is 0.824. The van der Waals surface area contributed by atoms with Gasteiger partial charge in [0.2, 0.25) is 0 Å². The van der Waals surface area contributed by atoms with Crippen molar-refractivity contribution in [3.05, 3.63) is 11.8 Å². The molecule has 0 aromatic carbocycles. The Morgan fingerprint density at radius 2 is 1.83 bits per heavy atom. The first-order valence-electron chi connectivity index (χ1n) is 5.27. The number of nitrogens with zero attached hydrogens (tertiary/aromatic N) is 1. The smallest absolute Gasteiger partial charge is 0.431 e. The Hall–Kier alpha value is -1.73. The molecule has 1 aliphatic heterocycles. The van der Waals surface area contributed by atoms with Crippen molar-refractivity contribution in [2.24, 2.45) is 0 Å². The summed E-state index contributed by atoms with van der Waals surface area (Å²) in [5.41, 5.74) is -1.42. The number of amides is 2. The Balaban J connectivity index is 2.75. The van der Waals surface area contributed by atoms with Gasteiger partial charge in [-0.05, 0) is 12.8 Å². The lowest BCUT2D eigenvalue weighted by molar-refractivity contribution is -0.136. The Morgan fingerprint density at radius 1 is 1.28 bits per heavy atom. The first-order chi connectivity index (χ1) is 8.34. The van der Waals surface area contributed by atoms with Crippen molar-refractivity contribution in [2.75, 3.05) is 20.2 Å². The van der Waals surface area contributed by atoms with Gasteiger partial charge in [-0.1, -0.05) is 0 Å². The number of hydrogen-bond donors (Lipinski definition) is 1. The van der Waals surface area contributed by atoms with Gasteiger partial charge < -0.3 is 15.0 Å². The first kappa shape index (κ1) is 14.3. The molecule has 1 N–H and O–H groups in total. The van der Waals surface area contributed by atoms with Crippen LogP contribution in [0.3, 0.4) is 0 Å². The summed E-state index contributed by atoms with van der Waals surface area (Å²) in [7, 11) is 0.953. The minimum Gasteiger partial charge on any atom is -0.466 e. The van der Waals surface area contributed by atoms with Crippen LogP contribution in [0.5, 0.6) is 0 Å². The van der Waals surface area contributed by atoms with Crippen LogP contribution in [0.1, 0.15) is 12.8 Å². The number of carbonyl (C=O) groups excluding carboxylic acids is 2. The van der Waals surface area contributed by atoms with Crippen molar-refractivity contribution in [3.8, 4) is 0 Å². The van der Waals surface area contributed by atoms with Crippen molar-refractivity contribution in [3.63, 3.8) is 0 Å². The molecule has 8 heteroatoms. The van der Waals surface area contributed by atoms with Gasteiger partial charge >= 0.3 is 18.2 Å². The molecule has 0 bridgehead atoms. The van der Waals surface area contributed by atoms with Crippen LogP contribution in [0, 0.1) is 0 Å². The highest BCUT2D eigenvalue weighted by molar-refractivity contribution is 5.85. The van der Waals surface area contributed by atoms with Gasteiger partial charge in [0, 0.05) is 13.1 Å². The van der Waals surface area contributed by atoms with Gasteiger partial charge in [0.05, 0.1) is 13.2 Å². The number of methoxy groups -OCH3 is 1. The molecule has 0 saturated carbocycles. The predicted molar refractivity (Wildman–Crippen MR) is 55.5 cm³/mol. The fourth-order valence-electron chi connectivity index (χ4n) is 1.48. The molecule has 0 unspecified atom stereocenters. The predicted octanol–water partition coefficient (Wildman–Crippen LogP) is 1.41. The second-order valence-electron chi connectivity index (χ2n) is 3.70. The molecule has 5 nitrogen and oxygen atoms in total. The molecule has 0 radical (unpaired) electrons. The van der Waals surface area contributed by atoms with E-state index < -0.39 is 23.9 Å². The van der Waals surface area contributed by atoms with Crippen LogP contribution in [0.25, 0.3) is 0 Å². The average molecular weight is 266 g/mol. The van der Waals surface area contributed by atoms with Crippen molar-refractivity contribution in [1.29, 1.82) is 0 Å². The fraction of sp³-hybridized carbons (Fsp3) is 0.600. The summed E-state index contributed by atoms with van der Waals surface area (Å²) in [5, 5.41) is 1.69. The van der Waals surface area contributed by atoms with E-state index in [4.69, 9.17) is 0 Å². The number of likely N-dealkylation sites (tertiary alicyclic amines) is 1. The molecule has 0 aromatic heterocycles. The molecule has 0 atom stereocenters. The van der Waals surface area contributed by atoms with E-state index in [2.05, 4.69) is 4.74 Å². The number of halogens is 3. The summed E-state index contributed by atoms with van der Waals surface area (Å²) in [6.07, 6.45) is -3.08. The SMILES string of the molecule is COC(=O)C=C(NC(=O)N1CCCC1)C(F)(F)F. The molecule has 2 amide bonds. The van der Waals surface area contributed by atoms with Crippen LogP contribution in [0.15, 0.2) is 11.8 Å². The number of carbonyl (C=O) groups is 2.